The highest BCUT2D eigenvalue weighted by atomic mass is 16.7. The lowest BCUT2D eigenvalue weighted by molar-refractivity contribution is -0.121. The van der Waals surface area contributed by atoms with Crippen LogP contribution in [-0.4, -0.2) is 31.8 Å². The number of piperidine rings is 1. The number of hydrogen-bond acceptors (Lipinski definition) is 4. The number of benzene rings is 1. The zero-order valence-electron chi connectivity index (χ0n) is 11.6. The lowest BCUT2D eigenvalue weighted by Gasteiger charge is -2.30. The van der Waals surface area contributed by atoms with Gasteiger partial charge >= 0.3 is 0 Å². The van der Waals surface area contributed by atoms with Gasteiger partial charge in [-0.2, -0.15) is 0 Å². The molecule has 0 aliphatic carbocycles. The number of amides is 1. The smallest absolute Gasteiger partial charge is 0.231 e. The average molecular weight is 276 g/mol. The maximum Gasteiger partial charge on any atom is 0.231 e. The Hall–Kier alpha value is -1.75. The summed E-state index contributed by atoms with van der Waals surface area (Å²) in [4.78, 5) is 12.1. The first kappa shape index (κ1) is 13.2. The first-order valence-electron chi connectivity index (χ1n) is 7.11. The molecule has 5 heteroatoms. The van der Waals surface area contributed by atoms with E-state index in [0.29, 0.717) is 12.3 Å². The van der Waals surface area contributed by atoms with Crippen LogP contribution in [0.25, 0.3) is 0 Å². The van der Waals surface area contributed by atoms with Gasteiger partial charge in [-0.25, -0.2) is 0 Å². The van der Waals surface area contributed by atoms with Crippen LogP contribution in [0.1, 0.15) is 18.9 Å². The Morgan fingerprint density at radius 1 is 1.40 bits per heavy atom. The van der Waals surface area contributed by atoms with Crippen LogP contribution < -0.4 is 20.1 Å². The third-order valence-electron chi connectivity index (χ3n) is 3.98. The van der Waals surface area contributed by atoms with Gasteiger partial charge in [0.05, 0.1) is 6.42 Å². The predicted octanol–water partition coefficient (Wildman–Crippen LogP) is 1.07. The molecule has 5 nitrogen and oxygen atoms in total. The predicted molar refractivity (Wildman–Crippen MR) is 74.9 cm³/mol. The highest BCUT2D eigenvalue weighted by Gasteiger charge is 2.22. The van der Waals surface area contributed by atoms with Crippen LogP contribution in [0.4, 0.5) is 0 Å². The van der Waals surface area contributed by atoms with Crippen LogP contribution in [0.15, 0.2) is 18.2 Å². The average Bonchev–Trinajstić information content (AvgIpc) is 2.89. The van der Waals surface area contributed by atoms with Crippen molar-refractivity contribution in [2.24, 2.45) is 5.92 Å². The van der Waals surface area contributed by atoms with E-state index in [-0.39, 0.29) is 18.7 Å². The van der Waals surface area contributed by atoms with Crippen molar-refractivity contribution in [3.63, 3.8) is 0 Å². The molecule has 2 N–H and O–H groups in total. The molecule has 0 bridgehead atoms. The summed E-state index contributed by atoms with van der Waals surface area (Å²) >= 11 is 0. The van der Waals surface area contributed by atoms with Gasteiger partial charge in [-0.05, 0) is 36.6 Å². The van der Waals surface area contributed by atoms with Gasteiger partial charge in [0.25, 0.3) is 0 Å². The number of hydrogen-bond donors (Lipinski definition) is 2. The molecule has 108 valence electrons. The normalized spacial score (nSPS) is 24.4. The Bertz CT molecular complexity index is 504. The Balaban J connectivity index is 1.58. The molecule has 2 unspecified atom stereocenters. The fourth-order valence-corrected chi connectivity index (χ4v) is 2.68. The molecule has 1 amide bonds. The summed E-state index contributed by atoms with van der Waals surface area (Å²) in [6.07, 6.45) is 1.48. The first-order valence-corrected chi connectivity index (χ1v) is 7.11. The van der Waals surface area contributed by atoms with Crippen LogP contribution in [0.5, 0.6) is 11.5 Å². The third kappa shape index (κ3) is 2.88. The van der Waals surface area contributed by atoms with Crippen LogP contribution in [0.2, 0.25) is 0 Å². The molecule has 0 spiro atoms. The molecule has 20 heavy (non-hydrogen) atoms. The molecule has 2 atom stereocenters. The molecule has 0 radical (unpaired) electrons. The quantitative estimate of drug-likeness (QED) is 0.867. The summed E-state index contributed by atoms with van der Waals surface area (Å²) in [5, 5.41) is 6.43. The van der Waals surface area contributed by atoms with E-state index in [1.54, 1.807) is 0 Å². The third-order valence-corrected chi connectivity index (χ3v) is 3.98. The van der Waals surface area contributed by atoms with E-state index >= 15 is 0 Å². The summed E-state index contributed by atoms with van der Waals surface area (Å²) in [5.74, 6) is 2.06. The fourth-order valence-electron chi connectivity index (χ4n) is 2.68. The second-order valence-corrected chi connectivity index (χ2v) is 5.51. The molecule has 1 aromatic rings. The number of fused-ring (bicyclic) bond motifs is 1. The van der Waals surface area contributed by atoms with Gasteiger partial charge in [-0.15, -0.1) is 0 Å². The van der Waals surface area contributed by atoms with Gasteiger partial charge in [0, 0.05) is 12.6 Å². The largest absolute Gasteiger partial charge is 0.454 e. The Morgan fingerprint density at radius 2 is 2.25 bits per heavy atom. The van der Waals surface area contributed by atoms with Crippen molar-refractivity contribution in [1.29, 1.82) is 0 Å². The maximum atomic E-state index is 12.1. The molecule has 0 aromatic heterocycles. The van der Waals surface area contributed by atoms with E-state index in [9.17, 15) is 4.79 Å². The first-order chi connectivity index (χ1) is 9.72. The molecule has 1 fully saturated rings. The lowest BCUT2D eigenvalue weighted by Crippen LogP contribution is -2.50. The van der Waals surface area contributed by atoms with Gasteiger partial charge < -0.3 is 20.1 Å². The molecule has 2 heterocycles. The minimum absolute atomic E-state index is 0.0596. The minimum atomic E-state index is 0.0596. The van der Waals surface area contributed by atoms with Gasteiger partial charge in [-0.3, -0.25) is 4.79 Å². The fraction of sp³-hybridized carbons (Fsp3) is 0.533. The second kappa shape index (κ2) is 5.71. The lowest BCUT2D eigenvalue weighted by atomic mass is 9.94. The number of carbonyl (C=O) groups is 1. The highest BCUT2D eigenvalue weighted by molar-refractivity contribution is 5.79. The molecule has 0 saturated carbocycles. The van der Waals surface area contributed by atoms with E-state index in [2.05, 4.69) is 17.6 Å². The van der Waals surface area contributed by atoms with E-state index in [1.165, 1.54) is 0 Å². The number of ether oxygens (including phenoxy) is 2. The van der Waals surface area contributed by atoms with Crippen molar-refractivity contribution in [3.8, 4) is 11.5 Å². The van der Waals surface area contributed by atoms with Crippen molar-refractivity contribution in [3.05, 3.63) is 23.8 Å². The van der Waals surface area contributed by atoms with E-state index < -0.39 is 0 Å². The molecular weight excluding hydrogens is 256 g/mol. The van der Waals surface area contributed by atoms with E-state index in [4.69, 9.17) is 9.47 Å². The topological polar surface area (TPSA) is 59.6 Å². The zero-order valence-corrected chi connectivity index (χ0v) is 11.6. The molecule has 1 aromatic carbocycles. The SMILES string of the molecule is CC1CCNCC1NC(=O)Cc1ccc2c(c1)OCO2. The zero-order chi connectivity index (χ0) is 13.9. The molecule has 2 aliphatic heterocycles. The highest BCUT2D eigenvalue weighted by Crippen LogP contribution is 2.32. The minimum Gasteiger partial charge on any atom is -0.454 e. The Labute approximate surface area is 118 Å². The molecule has 2 aliphatic rings. The summed E-state index contributed by atoms with van der Waals surface area (Å²) < 4.78 is 10.6. The maximum absolute atomic E-state index is 12.1. The van der Waals surface area contributed by atoms with E-state index in [1.807, 2.05) is 18.2 Å². The molecule has 3 rings (SSSR count). The second-order valence-electron chi connectivity index (χ2n) is 5.51. The van der Waals surface area contributed by atoms with Crippen molar-refractivity contribution < 1.29 is 14.3 Å². The van der Waals surface area contributed by atoms with Crippen molar-refractivity contribution in [2.45, 2.75) is 25.8 Å². The summed E-state index contributed by atoms with van der Waals surface area (Å²) in [5.41, 5.74) is 0.947. The van der Waals surface area contributed by atoms with Crippen molar-refractivity contribution >= 4 is 5.91 Å². The van der Waals surface area contributed by atoms with Gasteiger partial charge in [0.15, 0.2) is 11.5 Å². The summed E-state index contributed by atoms with van der Waals surface area (Å²) in [7, 11) is 0. The summed E-state index contributed by atoms with van der Waals surface area (Å²) in [6, 6.07) is 5.88. The van der Waals surface area contributed by atoms with Crippen molar-refractivity contribution in [1.82, 2.24) is 10.6 Å². The monoisotopic (exact) mass is 276 g/mol. The molecule has 1 saturated heterocycles. The van der Waals surface area contributed by atoms with Crippen LogP contribution in [-0.2, 0) is 11.2 Å². The van der Waals surface area contributed by atoms with Crippen LogP contribution in [0, 0.1) is 5.92 Å². The standard InChI is InChI=1S/C15H20N2O3/c1-10-4-5-16-8-12(10)17-15(18)7-11-2-3-13-14(6-11)20-9-19-13/h2-3,6,10,12,16H,4-5,7-9H2,1H3,(H,17,18). The Kier molecular flexibility index (Phi) is 3.78. The Morgan fingerprint density at radius 3 is 3.10 bits per heavy atom. The number of rotatable bonds is 3. The van der Waals surface area contributed by atoms with Gasteiger partial charge in [0.1, 0.15) is 0 Å². The van der Waals surface area contributed by atoms with E-state index in [0.717, 1.165) is 36.6 Å². The molecular formula is C15H20N2O3. The van der Waals surface area contributed by atoms with Crippen molar-refractivity contribution in [2.75, 3.05) is 19.9 Å². The van der Waals surface area contributed by atoms with Gasteiger partial charge in [-0.1, -0.05) is 13.0 Å². The van der Waals surface area contributed by atoms with Gasteiger partial charge in [0.2, 0.25) is 12.7 Å². The van der Waals surface area contributed by atoms with Crippen LogP contribution in [0.3, 0.4) is 0 Å². The number of carbonyl (C=O) groups excluding carboxylic acids is 1. The summed E-state index contributed by atoms with van der Waals surface area (Å²) in [6.45, 7) is 4.34. The number of nitrogens with one attached hydrogen (secondary N) is 2. The van der Waals surface area contributed by atoms with Crippen LogP contribution >= 0.6 is 0 Å².